The predicted octanol–water partition coefficient (Wildman–Crippen LogP) is 0.636. The topological polar surface area (TPSA) is 102 Å². The monoisotopic (exact) mass is 345 g/mol. The van der Waals surface area contributed by atoms with Gasteiger partial charge >= 0.3 is 5.69 Å². The average molecular weight is 345 g/mol. The van der Waals surface area contributed by atoms with Crippen LogP contribution in [-0.4, -0.2) is 25.0 Å². The summed E-state index contributed by atoms with van der Waals surface area (Å²) in [6, 6.07) is 1.42. The van der Waals surface area contributed by atoms with Gasteiger partial charge in [-0.25, -0.2) is 9.78 Å². The van der Waals surface area contributed by atoms with Crippen molar-refractivity contribution in [3.63, 3.8) is 0 Å². The van der Waals surface area contributed by atoms with Crippen LogP contribution >= 0.6 is 11.3 Å². The maximum Gasteiger partial charge on any atom is 0.329 e. The number of amides is 1. The summed E-state index contributed by atoms with van der Waals surface area (Å²) in [7, 11) is 1.79. The molecule has 0 saturated heterocycles. The molecule has 1 N–H and O–H groups in total. The zero-order chi connectivity index (χ0) is 17.3. The second-order valence-corrected chi connectivity index (χ2v) is 6.09. The first-order valence-corrected chi connectivity index (χ1v) is 8.21. The van der Waals surface area contributed by atoms with Crippen LogP contribution in [-0.2, 0) is 13.6 Å². The van der Waals surface area contributed by atoms with E-state index in [0.29, 0.717) is 17.8 Å². The van der Waals surface area contributed by atoms with Crippen LogP contribution in [0.3, 0.4) is 0 Å². The number of nitrogens with one attached hydrogen (secondary N) is 1. The Balaban J connectivity index is 2.16. The molecule has 1 amide bonds. The molecule has 0 bridgehead atoms. The largest absolute Gasteiger partial charge is 0.329 e. The molecule has 0 saturated carbocycles. The van der Waals surface area contributed by atoms with Gasteiger partial charge in [-0.05, 0) is 12.5 Å². The van der Waals surface area contributed by atoms with Crippen molar-refractivity contribution in [2.75, 3.05) is 0 Å². The first kappa shape index (κ1) is 16.1. The molecule has 9 heteroatoms. The van der Waals surface area contributed by atoms with E-state index in [4.69, 9.17) is 0 Å². The van der Waals surface area contributed by atoms with Gasteiger partial charge in [-0.2, -0.15) is 4.99 Å². The fraction of sp³-hybridized carbons (Fsp3) is 0.267. The minimum atomic E-state index is -0.564. The summed E-state index contributed by atoms with van der Waals surface area (Å²) in [5, 5.41) is 2.01. The summed E-state index contributed by atoms with van der Waals surface area (Å²) in [4.78, 5) is 47.2. The SMILES string of the molecule is CCCn1c(=O)[nH]c(=O)c2cc(C(=O)N=c3sccn3C)cnc21. The molecule has 0 spiro atoms. The van der Waals surface area contributed by atoms with Crippen LogP contribution in [0.15, 0.2) is 38.4 Å². The molecule has 0 aliphatic rings. The number of hydrogen-bond acceptors (Lipinski definition) is 5. The second kappa shape index (κ2) is 6.36. The highest BCUT2D eigenvalue weighted by molar-refractivity contribution is 7.07. The average Bonchev–Trinajstić information content (AvgIpc) is 2.96. The maximum atomic E-state index is 12.3. The van der Waals surface area contributed by atoms with Crippen molar-refractivity contribution in [3.05, 3.63) is 55.0 Å². The lowest BCUT2D eigenvalue weighted by Gasteiger charge is -2.07. The summed E-state index contributed by atoms with van der Waals surface area (Å²) in [6.07, 6.45) is 3.85. The first-order chi connectivity index (χ1) is 11.5. The van der Waals surface area contributed by atoms with E-state index in [1.807, 2.05) is 12.3 Å². The third kappa shape index (κ3) is 2.85. The lowest BCUT2D eigenvalue weighted by Crippen LogP contribution is -2.31. The predicted molar refractivity (Wildman–Crippen MR) is 90.1 cm³/mol. The normalized spacial score (nSPS) is 12.0. The number of aromatic nitrogens is 4. The van der Waals surface area contributed by atoms with Crippen LogP contribution < -0.4 is 16.1 Å². The lowest BCUT2D eigenvalue weighted by atomic mass is 10.2. The van der Waals surface area contributed by atoms with Gasteiger partial charge in [-0.3, -0.25) is 19.1 Å². The summed E-state index contributed by atoms with van der Waals surface area (Å²) in [5.74, 6) is -0.491. The molecule has 0 atom stereocenters. The number of nitrogens with zero attached hydrogens (tertiary/aromatic N) is 4. The van der Waals surface area contributed by atoms with Crippen molar-refractivity contribution in [1.29, 1.82) is 0 Å². The van der Waals surface area contributed by atoms with Gasteiger partial charge in [0, 0.05) is 31.4 Å². The quantitative estimate of drug-likeness (QED) is 0.752. The van der Waals surface area contributed by atoms with Gasteiger partial charge in [-0.1, -0.05) is 6.92 Å². The zero-order valence-corrected chi connectivity index (χ0v) is 14.0. The molecule has 0 aliphatic heterocycles. The number of rotatable bonds is 3. The van der Waals surface area contributed by atoms with Crippen LogP contribution in [0.5, 0.6) is 0 Å². The molecular formula is C15H15N5O3S. The molecular weight excluding hydrogens is 330 g/mol. The molecule has 0 fully saturated rings. The lowest BCUT2D eigenvalue weighted by molar-refractivity contribution is 0.0997. The Kier molecular flexibility index (Phi) is 4.26. The van der Waals surface area contributed by atoms with E-state index < -0.39 is 17.2 Å². The molecule has 0 radical (unpaired) electrons. The Morgan fingerprint density at radius 3 is 2.88 bits per heavy atom. The van der Waals surface area contributed by atoms with Crippen LogP contribution in [0, 0.1) is 0 Å². The Morgan fingerprint density at radius 1 is 1.42 bits per heavy atom. The van der Waals surface area contributed by atoms with E-state index >= 15 is 0 Å². The van der Waals surface area contributed by atoms with Gasteiger partial charge in [0.15, 0.2) is 4.80 Å². The second-order valence-electron chi connectivity index (χ2n) is 5.22. The Labute approximate surface area is 139 Å². The number of carbonyl (C=O) groups excluding carboxylic acids is 1. The summed E-state index contributed by atoms with van der Waals surface area (Å²) < 4.78 is 3.12. The van der Waals surface area contributed by atoms with Crippen LogP contribution in [0.1, 0.15) is 23.7 Å². The van der Waals surface area contributed by atoms with E-state index in [1.165, 1.54) is 28.2 Å². The first-order valence-electron chi connectivity index (χ1n) is 7.33. The molecule has 8 nitrogen and oxygen atoms in total. The molecule has 24 heavy (non-hydrogen) atoms. The number of hydrogen-bond donors (Lipinski definition) is 1. The number of carbonyl (C=O) groups is 1. The highest BCUT2D eigenvalue weighted by Gasteiger charge is 2.12. The van der Waals surface area contributed by atoms with E-state index in [-0.39, 0.29) is 16.6 Å². The van der Waals surface area contributed by atoms with E-state index in [0.717, 1.165) is 0 Å². The molecule has 3 rings (SSSR count). The Bertz CT molecular complexity index is 1100. The highest BCUT2D eigenvalue weighted by atomic mass is 32.1. The summed E-state index contributed by atoms with van der Waals surface area (Å²) in [5.41, 5.74) is -0.602. The van der Waals surface area contributed by atoms with Crippen LogP contribution in [0.25, 0.3) is 11.0 Å². The fourth-order valence-electron chi connectivity index (χ4n) is 2.30. The Hall–Kier alpha value is -2.81. The fourth-order valence-corrected chi connectivity index (χ4v) is 3.03. The summed E-state index contributed by atoms with van der Waals surface area (Å²) >= 11 is 1.33. The highest BCUT2D eigenvalue weighted by Crippen LogP contribution is 2.09. The van der Waals surface area contributed by atoms with Gasteiger partial charge in [0.25, 0.3) is 11.5 Å². The number of aromatic amines is 1. The van der Waals surface area contributed by atoms with Crippen LogP contribution in [0.4, 0.5) is 0 Å². The van der Waals surface area contributed by atoms with Crippen LogP contribution in [0.2, 0.25) is 0 Å². The van der Waals surface area contributed by atoms with E-state index in [2.05, 4.69) is 15.0 Å². The van der Waals surface area contributed by atoms with Crippen molar-refractivity contribution in [2.45, 2.75) is 19.9 Å². The van der Waals surface area contributed by atoms with E-state index in [9.17, 15) is 14.4 Å². The van der Waals surface area contributed by atoms with E-state index in [1.54, 1.807) is 17.8 Å². The number of thiazole rings is 1. The van der Waals surface area contributed by atoms with Gasteiger partial charge in [-0.15, -0.1) is 11.3 Å². The number of aryl methyl sites for hydroxylation is 2. The van der Waals surface area contributed by atoms with Gasteiger partial charge < -0.3 is 4.57 Å². The number of pyridine rings is 1. The van der Waals surface area contributed by atoms with Crippen molar-refractivity contribution >= 4 is 28.3 Å². The molecule has 3 aromatic heterocycles. The Morgan fingerprint density at radius 2 is 2.21 bits per heavy atom. The molecule has 3 aromatic rings. The van der Waals surface area contributed by atoms with Crippen molar-refractivity contribution < 1.29 is 4.79 Å². The smallest absolute Gasteiger partial charge is 0.327 e. The third-order valence-electron chi connectivity index (χ3n) is 3.48. The van der Waals surface area contributed by atoms with Crippen molar-refractivity contribution in [2.24, 2.45) is 12.0 Å². The molecule has 124 valence electrons. The molecule has 3 heterocycles. The van der Waals surface area contributed by atoms with Gasteiger partial charge in [0.05, 0.1) is 10.9 Å². The number of H-pyrrole nitrogens is 1. The maximum absolute atomic E-state index is 12.3. The minimum Gasteiger partial charge on any atom is -0.327 e. The molecule has 0 unspecified atom stereocenters. The number of fused-ring (bicyclic) bond motifs is 1. The zero-order valence-electron chi connectivity index (χ0n) is 13.1. The molecule has 0 aromatic carbocycles. The minimum absolute atomic E-state index is 0.194. The molecule has 0 aliphatic carbocycles. The van der Waals surface area contributed by atoms with Crippen molar-refractivity contribution in [3.8, 4) is 0 Å². The van der Waals surface area contributed by atoms with Crippen molar-refractivity contribution in [1.82, 2.24) is 19.1 Å². The standard InChI is InChI=1S/C15H15N5O3S/c1-3-4-20-11-10(13(22)17-14(20)23)7-9(8-16-11)12(21)18-15-19(2)5-6-24-15/h5-8H,3-4H2,1-2H3,(H,17,22,23). The van der Waals surface area contributed by atoms with Gasteiger partial charge in [0.1, 0.15) is 5.65 Å². The summed E-state index contributed by atoms with van der Waals surface area (Å²) in [6.45, 7) is 2.35. The van der Waals surface area contributed by atoms with Gasteiger partial charge in [0.2, 0.25) is 0 Å². The third-order valence-corrected chi connectivity index (χ3v) is 4.33.